The van der Waals surface area contributed by atoms with Crippen molar-refractivity contribution in [2.45, 2.75) is 59.2 Å². The normalized spacial score (nSPS) is 13.0. The molecular weight excluding hydrogens is 270 g/mol. The van der Waals surface area contributed by atoms with Crippen LogP contribution in [-0.4, -0.2) is 33.3 Å². The highest BCUT2D eigenvalue weighted by atomic mass is 16.6. The average Bonchev–Trinajstić information content (AvgIpc) is 2.83. The number of hydrogen-bond acceptors (Lipinski definition) is 4. The molecule has 1 rings (SSSR count). The van der Waals surface area contributed by atoms with Gasteiger partial charge in [-0.1, -0.05) is 13.8 Å². The Labute approximate surface area is 125 Å². The monoisotopic (exact) mass is 295 g/mol. The average molecular weight is 295 g/mol. The molecule has 0 radical (unpaired) electrons. The number of nitrogens with zero attached hydrogens (tertiary/aromatic N) is 2. The molecule has 21 heavy (non-hydrogen) atoms. The van der Waals surface area contributed by atoms with Crippen LogP contribution in [0.25, 0.3) is 0 Å². The van der Waals surface area contributed by atoms with Gasteiger partial charge in [-0.05, 0) is 32.8 Å². The topological polar surface area (TPSA) is 73.2 Å². The van der Waals surface area contributed by atoms with E-state index in [2.05, 4.69) is 10.4 Å². The molecular formula is C15H25N3O3. The molecule has 1 aromatic rings. The van der Waals surface area contributed by atoms with E-state index in [0.717, 1.165) is 0 Å². The van der Waals surface area contributed by atoms with Crippen molar-refractivity contribution in [3.05, 3.63) is 18.5 Å². The lowest BCUT2D eigenvalue weighted by molar-refractivity contribution is -0.160. The van der Waals surface area contributed by atoms with Gasteiger partial charge in [0.25, 0.3) is 0 Å². The number of aromatic nitrogens is 2. The molecule has 6 nitrogen and oxygen atoms in total. The quantitative estimate of drug-likeness (QED) is 0.812. The van der Waals surface area contributed by atoms with Gasteiger partial charge < -0.3 is 10.1 Å². The molecule has 1 aromatic heterocycles. The van der Waals surface area contributed by atoms with Gasteiger partial charge in [0, 0.05) is 25.4 Å². The van der Waals surface area contributed by atoms with Crippen molar-refractivity contribution in [3.8, 4) is 0 Å². The maximum absolute atomic E-state index is 12.1. The van der Waals surface area contributed by atoms with E-state index in [1.165, 1.54) is 0 Å². The fraction of sp³-hybridized carbons (Fsp3) is 0.667. The van der Waals surface area contributed by atoms with Crippen LogP contribution in [0.15, 0.2) is 18.5 Å². The van der Waals surface area contributed by atoms with E-state index in [0.29, 0.717) is 6.54 Å². The molecule has 1 atom stereocenters. The molecule has 0 saturated heterocycles. The van der Waals surface area contributed by atoms with Gasteiger partial charge in [-0.3, -0.25) is 9.48 Å². The number of nitrogens with one attached hydrogen (secondary N) is 1. The van der Waals surface area contributed by atoms with E-state index >= 15 is 0 Å². The predicted molar refractivity (Wildman–Crippen MR) is 79.5 cm³/mol. The van der Waals surface area contributed by atoms with E-state index in [9.17, 15) is 9.59 Å². The molecule has 0 unspecified atom stereocenters. The van der Waals surface area contributed by atoms with Crippen LogP contribution < -0.4 is 5.32 Å². The first-order valence-corrected chi connectivity index (χ1v) is 7.18. The maximum Gasteiger partial charge on any atom is 0.329 e. The molecule has 0 spiro atoms. The maximum atomic E-state index is 12.1. The summed E-state index contributed by atoms with van der Waals surface area (Å²) in [5.74, 6) is -0.617. The van der Waals surface area contributed by atoms with Crippen LogP contribution in [0.4, 0.5) is 0 Å². The van der Waals surface area contributed by atoms with Gasteiger partial charge in [-0.15, -0.1) is 0 Å². The molecule has 6 heteroatoms. The minimum atomic E-state index is -0.630. The SMILES string of the molecule is CC(C)[C@H](NC(=O)CCn1cccn1)C(=O)OC(C)(C)C. The van der Waals surface area contributed by atoms with Gasteiger partial charge >= 0.3 is 5.97 Å². The highest BCUT2D eigenvalue weighted by Crippen LogP contribution is 2.12. The zero-order valence-corrected chi connectivity index (χ0v) is 13.4. The van der Waals surface area contributed by atoms with Crippen molar-refractivity contribution >= 4 is 11.9 Å². The number of rotatable bonds is 6. The molecule has 1 N–H and O–H groups in total. The first-order chi connectivity index (χ1) is 9.69. The molecule has 0 aliphatic heterocycles. The Balaban J connectivity index is 2.53. The standard InChI is InChI=1S/C15H25N3O3/c1-11(2)13(14(20)21-15(3,4)5)17-12(19)7-10-18-9-6-8-16-18/h6,8-9,11,13H,7,10H2,1-5H3,(H,17,19)/t13-/m0/s1. The van der Waals surface area contributed by atoms with E-state index < -0.39 is 17.6 Å². The van der Waals surface area contributed by atoms with Crippen molar-refractivity contribution in [2.24, 2.45) is 5.92 Å². The number of aryl methyl sites for hydroxylation is 1. The summed E-state index contributed by atoms with van der Waals surface area (Å²) >= 11 is 0. The lowest BCUT2D eigenvalue weighted by atomic mass is 10.0. The number of esters is 1. The van der Waals surface area contributed by atoms with Crippen molar-refractivity contribution in [1.29, 1.82) is 0 Å². The van der Waals surface area contributed by atoms with Gasteiger partial charge in [0.1, 0.15) is 11.6 Å². The lowest BCUT2D eigenvalue weighted by Gasteiger charge is -2.26. The van der Waals surface area contributed by atoms with Crippen molar-refractivity contribution in [3.63, 3.8) is 0 Å². The Hall–Kier alpha value is -1.85. The van der Waals surface area contributed by atoms with E-state index in [-0.39, 0.29) is 18.2 Å². The molecule has 0 aliphatic carbocycles. The van der Waals surface area contributed by atoms with E-state index in [1.54, 1.807) is 23.1 Å². The molecule has 0 aromatic carbocycles. The second kappa shape index (κ2) is 7.24. The van der Waals surface area contributed by atoms with Gasteiger partial charge in [-0.25, -0.2) is 4.79 Å². The third kappa shape index (κ3) is 6.42. The summed E-state index contributed by atoms with van der Waals surface area (Å²) in [5, 5.41) is 6.78. The number of amides is 1. The Morgan fingerprint density at radius 3 is 2.48 bits per heavy atom. The molecule has 0 bridgehead atoms. The zero-order valence-electron chi connectivity index (χ0n) is 13.4. The lowest BCUT2D eigenvalue weighted by Crippen LogP contribution is -2.47. The molecule has 0 fully saturated rings. The summed E-state index contributed by atoms with van der Waals surface area (Å²) in [6, 6.07) is 1.17. The van der Waals surface area contributed by atoms with E-state index in [1.807, 2.05) is 34.6 Å². The number of carbonyl (C=O) groups is 2. The molecule has 0 aliphatic rings. The summed E-state index contributed by atoms with van der Waals surface area (Å²) in [5.41, 5.74) is -0.565. The second-order valence-electron chi connectivity index (χ2n) is 6.34. The third-order valence-corrected chi connectivity index (χ3v) is 2.77. The number of hydrogen-bond donors (Lipinski definition) is 1. The summed E-state index contributed by atoms with van der Waals surface area (Å²) in [4.78, 5) is 24.1. The number of ether oxygens (including phenoxy) is 1. The van der Waals surface area contributed by atoms with Crippen LogP contribution in [0.5, 0.6) is 0 Å². The highest BCUT2D eigenvalue weighted by molar-refractivity contribution is 5.84. The molecule has 1 amide bonds. The molecule has 118 valence electrons. The summed E-state index contributed by atoms with van der Waals surface area (Å²) < 4.78 is 7.02. The van der Waals surface area contributed by atoms with Gasteiger partial charge in [0.15, 0.2) is 0 Å². The largest absolute Gasteiger partial charge is 0.458 e. The molecule has 1 heterocycles. The Bertz CT molecular complexity index is 461. The summed E-state index contributed by atoms with van der Waals surface area (Å²) in [6.07, 6.45) is 3.73. The van der Waals surface area contributed by atoms with Gasteiger partial charge in [-0.2, -0.15) is 5.10 Å². The van der Waals surface area contributed by atoms with Gasteiger partial charge in [0.05, 0.1) is 0 Å². The Morgan fingerprint density at radius 2 is 2.00 bits per heavy atom. The highest BCUT2D eigenvalue weighted by Gasteiger charge is 2.28. The fourth-order valence-electron chi connectivity index (χ4n) is 1.76. The predicted octanol–water partition coefficient (Wildman–Crippen LogP) is 1.76. The van der Waals surface area contributed by atoms with Crippen molar-refractivity contribution in [2.75, 3.05) is 0 Å². The summed E-state index contributed by atoms with van der Waals surface area (Å²) in [7, 11) is 0. The van der Waals surface area contributed by atoms with Crippen LogP contribution in [0.1, 0.15) is 41.0 Å². The first kappa shape index (κ1) is 17.2. The zero-order chi connectivity index (χ0) is 16.0. The van der Waals surface area contributed by atoms with Crippen LogP contribution in [-0.2, 0) is 20.9 Å². The fourth-order valence-corrected chi connectivity index (χ4v) is 1.76. The van der Waals surface area contributed by atoms with Crippen LogP contribution in [0.2, 0.25) is 0 Å². The summed E-state index contributed by atoms with van der Waals surface area (Å²) in [6.45, 7) is 9.66. The minimum Gasteiger partial charge on any atom is -0.458 e. The Morgan fingerprint density at radius 1 is 1.33 bits per heavy atom. The number of carbonyl (C=O) groups excluding carboxylic acids is 2. The molecule has 0 saturated carbocycles. The van der Waals surface area contributed by atoms with Crippen LogP contribution >= 0.6 is 0 Å². The third-order valence-electron chi connectivity index (χ3n) is 2.77. The second-order valence-corrected chi connectivity index (χ2v) is 6.34. The van der Waals surface area contributed by atoms with Crippen LogP contribution in [0, 0.1) is 5.92 Å². The first-order valence-electron chi connectivity index (χ1n) is 7.18. The van der Waals surface area contributed by atoms with Crippen LogP contribution in [0.3, 0.4) is 0 Å². The smallest absolute Gasteiger partial charge is 0.329 e. The minimum absolute atomic E-state index is 0.0338. The van der Waals surface area contributed by atoms with Crippen molar-refractivity contribution < 1.29 is 14.3 Å². The Kier molecular flexibility index (Phi) is 5.93. The van der Waals surface area contributed by atoms with E-state index in [4.69, 9.17) is 4.74 Å². The van der Waals surface area contributed by atoms with Gasteiger partial charge in [0.2, 0.25) is 5.91 Å². The van der Waals surface area contributed by atoms with Crippen molar-refractivity contribution in [1.82, 2.24) is 15.1 Å².